The number of nitrogens with two attached hydrogens (primary N) is 1. The van der Waals surface area contributed by atoms with Crippen molar-refractivity contribution in [1.29, 1.82) is 0 Å². The Morgan fingerprint density at radius 2 is 1.94 bits per heavy atom. The van der Waals surface area contributed by atoms with Crippen LogP contribution < -0.4 is 5.73 Å². The first-order valence-electron chi connectivity index (χ1n) is 6.07. The number of rotatable bonds is 7. The first-order chi connectivity index (χ1) is 7.74. The Hall–Kier alpha value is -1.31. The summed E-state index contributed by atoms with van der Waals surface area (Å²) in [6.45, 7) is 2.09. The van der Waals surface area contributed by atoms with Gasteiger partial charge in [-0.2, -0.15) is 0 Å². The third-order valence-corrected chi connectivity index (χ3v) is 2.90. The van der Waals surface area contributed by atoms with E-state index in [4.69, 9.17) is 5.73 Å². The minimum atomic E-state index is -0.144. The molecule has 0 saturated carbocycles. The molecule has 1 unspecified atom stereocenters. The molecule has 1 amide bonds. The molecule has 88 valence electrons. The van der Waals surface area contributed by atoms with Gasteiger partial charge in [-0.1, -0.05) is 43.7 Å². The van der Waals surface area contributed by atoms with Gasteiger partial charge >= 0.3 is 0 Å². The van der Waals surface area contributed by atoms with Gasteiger partial charge in [0.05, 0.1) is 0 Å². The lowest BCUT2D eigenvalue weighted by atomic mass is 9.95. The fourth-order valence-corrected chi connectivity index (χ4v) is 1.97. The third-order valence-electron chi connectivity index (χ3n) is 2.90. The molecule has 2 N–H and O–H groups in total. The predicted molar refractivity (Wildman–Crippen MR) is 67.0 cm³/mol. The van der Waals surface area contributed by atoms with Gasteiger partial charge in [-0.3, -0.25) is 4.79 Å². The van der Waals surface area contributed by atoms with Gasteiger partial charge in [-0.05, 0) is 31.2 Å². The highest BCUT2D eigenvalue weighted by Crippen LogP contribution is 2.15. The van der Waals surface area contributed by atoms with Crippen LogP contribution in [0.5, 0.6) is 0 Å². The Morgan fingerprint density at radius 3 is 2.50 bits per heavy atom. The standard InChI is InChI=1S/C14H21NO/c1-2-7-13(14(15)16)11-6-10-12-8-4-3-5-9-12/h3-5,8-9,13H,2,6-7,10-11H2,1H3,(H2,15,16). The van der Waals surface area contributed by atoms with E-state index in [1.807, 2.05) is 18.2 Å². The Bertz CT molecular complexity index is 308. The van der Waals surface area contributed by atoms with E-state index in [0.717, 1.165) is 32.1 Å². The van der Waals surface area contributed by atoms with Crippen LogP contribution in [0.1, 0.15) is 38.2 Å². The Kier molecular flexibility index (Phi) is 5.62. The minimum Gasteiger partial charge on any atom is -0.369 e. The van der Waals surface area contributed by atoms with Gasteiger partial charge in [-0.15, -0.1) is 0 Å². The quantitative estimate of drug-likeness (QED) is 0.752. The molecule has 16 heavy (non-hydrogen) atoms. The van der Waals surface area contributed by atoms with Gasteiger partial charge in [0.2, 0.25) is 5.91 Å². The van der Waals surface area contributed by atoms with Gasteiger partial charge in [0, 0.05) is 5.92 Å². The number of primary amides is 1. The van der Waals surface area contributed by atoms with Gasteiger partial charge in [0.1, 0.15) is 0 Å². The van der Waals surface area contributed by atoms with Crippen LogP contribution in [0.3, 0.4) is 0 Å². The average molecular weight is 219 g/mol. The normalized spacial score (nSPS) is 12.3. The van der Waals surface area contributed by atoms with Crippen LogP contribution in [0.15, 0.2) is 30.3 Å². The number of hydrogen-bond donors (Lipinski definition) is 1. The number of amides is 1. The maximum Gasteiger partial charge on any atom is 0.220 e. The monoisotopic (exact) mass is 219 g/mol. The molecule has 1 rings (SSSR count). The van der Waals surface area contributed by atoms with Crippen LogP contribution in [0, 0.1) is 5.92 Å². The molecular weight excluding hydrogens is 198 g/mol. The van der Waals surface area contributed by atoms with Crippen LogP contribution in [0.25, 0.3) is 0 Å². The molecule has 2 nitrogen and oxygen atoms in total. The van der Waals surface area contributed by atoms with E-state index in [1.165, 1.54) is 5.56 Å². The highest BCUT2D eigenvalue weighted by atomic mass is 16.1. The third kappa shape index (κ3) is 4.47. The zero-order valence-electron chi connectivity index (χ0n) is 9.99. The molecule has 1 aromatic carbocycles. The van der Waals surface area contributed by atoms with Crippen molar-refractivity contribution in [2.75, 3.05) is 0 Å². The molecule has 0 fully saturated rings. The topological polar surface area (TPSA) is 43.1 Å². The summed E-state index contributed by atoms with van der Waals surface area (Å²) in [4.78, 5) is 11.2. The van der Waals surface area contributed by atoms with Gasteiger partial charge in [0.15, 0.2) is 0 Å². The fourth-order valence-electron chi connectivity index (χ4n) is 1.97. The summed E-state index contributed by atoms with van der Waals surface area (Å²) >= 11 is 0. The molecule has 0 aliphatic rings. The van der Waals surface area contributed by atoms with E-state index in [-0.39, 0.29) is 11.8 Å². The number of carbonyl (C=O) groups excluding carboxylic acids is 1. The fraction of sp³-hybridized carbons (Fsp3) is 0.500. The number of aryl methyl sites for hydroxylation is 1. The first-order valence-corrected chi connectivity index (χ1v) is 6.07. The predicted octanol–water partition coefficient (Wildman–Crippen LogP) is 2.91. The zero-order chi connectivity index (χ0) is 11.8. The van der Waals surface area contributed by atoms with E-state index in [0.29, 0.717) is 0 Å². The molecule has 2 heteroatoms. The molecule has 0 bridgehead atoms. The molecule has 0 saturated heterocycles. The van der Waals surface area contributed by atoms with Crippen molar-refractivity contribution in [3.8, 4) is 0 Å². The summed E-state index contributed by atoms with van der Waals surface area (Å²) in [5, 5.41) is 0. The maximum absolute atomic E-state index is 11.2. The smallest absolute Gasteiger partial charge is 0.220 e. The van der Waals surface area contributed by atoms with E-state index < -0.39 is 0 Å². The van der Waals surface area contributed by atoms with Crippen molar-refractivity contribution in [3.05, 3.63) is 35.9 Å². The maximum atomic E-state index is 11.2. The van der Waals surface area contributed by atoms with Crippen molar-refractivity contribution < 1.29 is 4.79 Å². The summed E-state index contributed by atoms with van der Waals surface area (Å²) in [6.07, 6.45) is 4.94. The molecule has 0 aromatic heterocycles. The molecule has 0 aliphatic heterocycles. The second-order valence-electron chi connectivity index (χ2n) is 4.27. The number of carbonyl (C=O) groups is 1. The van der Waals surface area contributed by atoms with E-state index in [1.54, 1.807) is 0 Å². The lowest BCUT2D eigenvalue weighted by Gasteiger charge is -2.11. The van der Waals surface area contributed by atoms with Crippen LogP contribution in [-0.2, 0) is 11.2 Å². The van der Waals surface area contributed by atoms with Crippen molar-refractivity contribution in [3.63, 3.8) is 0 Å². The Labute approximate surface area is 97.9 Å². The second kappa shape index (κ2) is 7.04. The highest BCUT2D eigenvalue weighted by molar-refractivity contribution is 5.76. The Morgan fingerprint density at radius 1 is 1.25 bits per heavy atom. The molecular formula is C14H21NO. The van der Waals surface area contributed by atoms with Crippen molar-refractivity contribution >= 4 is 5.91 Å². The van der Waals surface area contributed by atoms with Crippen LogP contribution >= 0.6 is 0 Å². The van der Waals surface area contributed by atoms with Gasteiger partial charge in [-0.25, -0.2) is 0 Å². The Balaban J connectivity index is 2.31. The number of hydrogen-bond acceptors (Lipinski definition) is 1. The van der Waals surface area contributed by atoms with Gasteiger partial charge < -0.3 is 5.73 Å². The van der Waals surface area contributed by atoms with E-state index >= 15 is 0 Å². The minimum absolute atomic E-state index is 0.0636. The summed E-state index contributed by atoms with van der Waals surface area (Å²) in [6, 6.07) is 10.4. The lowest BCUT2D eigenvalue weighted by Crippen LogP contribution is -2.23. The molecule has 0 aliphatic carbocycles. The van der Waals surface area contributed by atoms with E-state index in [2.05, 4.69) is 19.1 Å². The SMILES string of the molecule is CCCC(CCCc1ccccc1)C(N)=O. The van der Waals surface area contributed by atoms with Crippen LogP contribution in [0.4, 0.5) is 0 Å². The average Bonchev–Trinajstić information content (AvgIpc) is 2.29. The van der Waals surface area contributed by atoms with Gasteiger partial charge in [0.25, 0.3) is 0 Å². The molecule has 0 heterocycles. The number of benzene rings is 1. The van der Waals surface area contributed by atoms with Crippen molar-refractivity contribution in [2.45, 2.75) is 39.0 Å². The molecule has 1 aromatic rings. The van der Waals surface area contributed by atoms with Crippen LogP contribution in [-0.4, -0.2) is 5.91 Å². The molecule has 0 spiro atoms. The zero-order valence-corrected chi connectivity index (χ0v) is 9.99. The molecule has 1 atom stereocenters. The first kappa shape index (κ1) is 12.8. The lowest BCUT2D eigenvalue weighted by molar-refractivity contribution is -0.122. The van der Waals surface area contributed by atoms with Crippen LogP contribution in [0.2, 0.25) is 0 Å². The van der Waals surface area contributed by atoms with E-state index in [9.17, 15) is 4.79 Å². The second-order valence-corrected chi connectivity index (χ2v) is 4.27. The molecule has 0 radical (unpaired) electrons. The summed E-state index contributed by atoms with van der Waals surface area (Å²) in [5.41, 5.74) is 6.70. The largest absolute Gasteiger partial charge is 0.369 e. The van der Waals surface area contributed by atoms with Crippen molar-refractivity contribution in [2.24, 2.45) is 11.7 Å². The van der Waals surface area contributed by atoms with Crippen molar-refractivity contribution in [1.82, 2.24) is 0 Å². The summed E-state index contributed by atoms with van der Waals surface area (Å²) in [7, 11) is 0. The highest BCUT2D eigenvalue weighted by Gasteiger charge is 2.13. The summed E-state index contributed by atoms with van der Waals surface area (Å²) in [5.74, 6) is -0.0800. The summed E-state index contributed by atoms with van der Waals surface area (Å²) < 4.78 is 0.